The third kappa shape index (κ3) is 4.86. The number of hydrogen-bond donors (Lipinski definition) is 2. The van der Waals surface area contributed by atoms with Crippen LogP contribution in [0.15, 0.2) is 42.5 Å². The van der Waals surface area contributed by atoms with Crippen molar-refractivity contribution in [3.8, 4) is 29.5 Å². The van der Waals surface area contributed by atoms with Gasteiger partial charge in [-0.3, -0.25) is 4.79 Å². The molecule has 2 heterocycles. The van der Waals surface area contributed by atoms with Crippen molar-refractivity contribution in [2.24, 2.45) is 0 Å². The van der Waals surface area contributed by atoms with E-state index in [1.807, 2.05) is 13.0 Å². The molecule has 0 atom stereocenters. The molecule has 0 saturated heterocycles. The number of nitrogens with one attached hydrogen (secondary N) is 1. The number of H-pyrrole nitrogens is 1. The van der Waals surface area contributed by atoms with E-state index >= 15 is 0 Å². The number of aromatic carboxylic acids is 1. The minimum absolute atomic E-state index is 0.0694. The quantitative estimate of drug-likeness (QED) is 0.409. The van der Waals surface area contributed by atoms with E-state index in [1.165, 1.54) is 23.1 Å². The lowest BCUT2D eigenvalue weighted by Gasteiger charge is -2.12. The molecule has 0 saturated carbocycles. The number of carbonyl (C=O) groups excluding carboxylic acids is 1. The van der Waals surface area contributed by atoms with Gasteiger partial charge in [0.25, 0.3) is 11.8 Å². The highest BCUT2D eigenvalue weighted by molar-refractivity contribution is 5.94. The molecule has 2 N–H and O–H groups in total. The molecule has 0 aliphatic carbocycles. The van der Waals surface area contributed by atoms with Crippen LogP contribution in [0, 0.1) is 11.3 Å². The van der Waals surface area contributed by atoms with Crippen LogP contribution >= 0.6 is 0 Å². The molecule has 11 nitrogen and oxygen atoms in total. The first-order valence-corrected chi connectivity index (χ1v) is 10.5. The number of carboxylic acids is 1. The third-order valence-corrected chi connectivity index (χ3v) is 4.93. The van der Waals surface area contributed by atoms with E-state index in [4.69, 9.17) is 9.47 Å². The molecular weight excluding hydrogens is 452 g/mol. The van der Waals surface area contributed by atoms with Crippen LogP contribution in [0.1, 0.15) is 39.0 Å². The van der Waals surface area contributed by atoms with Gasteiger partial charge in [0.1, 0.15) is 28.4 Å². The van der Waals surface area contributed by atoms with Gasteiger partial charge in [0.2, 0.25) is 0 Å². The number of fused-ring (bicyclic) bond motifs is 1. The number of carboxylic acid groups (broad SMARTS) is 1. The number of rotatable bonds is 7. The Morgan fingerprint density at radius 2 is 1.91 bits per heavy atom. The Morgan fingerprint density at radius 1 is 1.11 bits per heavy atom. The highest BCUT2D eigenvalue weighted by Crippen LogP contribution is 2.31. The van der Waals surface area contributed by atoms with Crippen molar-refractivity contribution in [3.05, 3.63) is 65.0 Å². The van der Waals surface area contributed by atoms with Crippen LogP contribution in [-0.4, -0.2) is 55.9 Å². The van der Waals surface area contributed by atoms with Gasteiger partial charge in [-0.05, 0) is 36.4 Å². The third-order valence-electron chi connectivity index (χ3n) is 4.93. The summed E-state index contributed by atoms with van der Waals surface area (Å²) >= 11 is 0. The van der Waals surface area contributed by atoms with Gasteiger partial charge >= 0.3 is 12.0 Å². The fraction of sp³-hybridized carbons (Fsp3) is 0.167. The van der Waals surface area contributed by atoms with Crippen LogP contribution in [0.4, 0.5) is 0 Å². The first kappa shape index (κ1) is 23.2. The average molecular weight is 472 g/mol. The molecule has 0 aliphatic rings. The lowest BCUT2D eigenvalue weighted by atomic mass is 10.1. The largest absolute Gasteiger partial charge is 0.478 e. The van der Waals surface area contributed by atoms with E-state index in [-0.39, 0.29) is 40.3 Å². The van der Waals surface area contributed by atoms with E-state index in [0.29, 0.717) is 29.1 Å². The van der Waals surface area contributed by atoms with Gasteiger partial charge in [0.05, 0.1) is 11.6 Å². The van der Waals surface area contributed by atoms with Crippen molar-refractivity contribution in [2.75, 3.05) is 14.1 Å². The molecule has 176 valence electrons. The zero-order chi connectivity index (χ0) is 25.1. The number of aryl methyl sites for hydroxylation is 1. The SMILES string of the molecule is CCc1nc2nc(Oc3cc(C#N)ccc3C(=O)O)nc(Oc3cccc(C(=O)N(C)C)c3)c2[nH]1. The smallest absolute Gasteiger partial charge is 0.339 e. The molecule has 1 amide bonds. The molecule has 0 fully saturated rings. The Morgan fingerprint density at radius 3 is 2.60 bits per heavy atom. The van der Waals surface area contributed by atoms with E-state index in [0.717, 1.165) is 0 Å². The molecule has 0 spiro atoms. The summed E-state index contributed by atoms with van der Waals surface area (Å²) in [5.74, 6) is -0.496. The maximum Gasteiger partial charge on any atom is 0.339 e. The van der Waals surface area contributed by atoms with Gasteiger partial charge in [0.15, 0.2) is 5.65 Å². The van der Waals surface area contributed by atoms with E-state index < -0.39 is 5.97 Å². The van der Waals surface area contributed by atoms with Crippen LogP contribution in [0.25, 0.3) is 11.2 Å². The second kappa shape index (κ2) is 9.48. The fourth-order valence-corrected chi connectivity index (χ4v) is 3.20. The van der Waals surface area contributed by atoms with Crippen molar-refractivity contribution in [1.29, 1.82) is 5.26 Å². The molecule has 0 bridgehead atoms. The van der Waals surface area contributed by atoms with E-state index in [1.54, 1.807) is 38.4 Å². The highest BCUT2D eigenvalue weighted by Gasteiger charge is 2.19. The van der Waals surface area contributed by atoms with E-state index in [9.17, 15) is 20.0 Å². The molecule has 2 aromatic heterocycles. The molecule has 0 aliphatic heterocycles. The van der Waals surface area contributed by atoms with Gasteiger partial charge < -0.3 is 24.5 Å². The maximum atomic E-state index is 12.3. The number of benzene rings is 2. The van der Waals surface area contributed by atoms with Gasteiger partial charge in [-0.25, -0.2) is 9.78 Å². The Kier molecular flexibility index (Phi) is 6.28. The monoisotopic (exact) mass is 472 g/mol. The predicted molar refractivity (Wildman–Crippen MR) is 124 cm³/mol. The molecule has 0 unspecified atom stereocenters. The first-order valence-electron chi connectivity index (χ1n) is 10.5. The summed E-state index contributed by atoms with van der Waals surface area (Å²) in [6, 6.07) is 12.2. The lowest BCUT2D eigenvalue weighted by Crippen LogP contribution is -2.21. The summed E-state index contributed by atoms with van der Waals surface area (Å²) < 4.78 is 11.7. The predicted octanol–water partition coefficient (Wildman–Crippen LogP) is 3.77. The summed E-state index contributed by atoms with van der Waals surface area (Å²) in [5, 5.41) is 18.7. The zero-order valence-corrected chi connectivity index (χ0v) is 19.1. The topological polar surface area (TPSA) is 154 Å². The Balaban J connectivity index is 1.78. The minimum atomic E-state index is -1.24. The highest BCUT2D eigenvalue weighted by atomic mass is 16.5. The molecule has 4 aromatic rings. The van der Waals surface area contributed by atoms with E-state index in [2.05, 4.69) is 19.9 Å². The first-order chi connectivity index (χ1) is 16.8. The van der Waals surface area contributed by atoms with Gasteiger partial charge in [-0.15, -0.1) is 0 Å². The number of carbonyl (C=O) groups is 2. The Hall–Kier alpha value is -4.98. The summed E-state index contributed by atoms with van der Waals surface area (Å²) in [6.07, 6.45) is 0.589. The fourth-order valence-electron chi connectivity index (χ4n) is 3.20. The number of hydrogen-bond acceptors (Lipinski definition) is 8. The van der Waals surface area contributed by atoms with Crippen molar-refractivity contribution in [2.45, 2.75) is 13.3 Å². The molecule has 2 aromatic carbocycles. The Labute approximate surface area is 199 Å². The number of aromatic nitrogens is 4. The summed E-state index contributed by atoms with van der Waals surface area (Å²) in [6.45, 7) is 1.91. The van der Waals surface area contributed by atoms with Crippen molar-refractivity contribution >= 4 is 23.0 Å². The molecule has 0 radical (unpaired) electrons. The molecule has 4 rings (SSSR count). The normalized spacial score (nSPS) is 10.6. The minimum Gasteiger partial charge on any atom is -0.478 e. The number of aromatic amines is 1. The van der Waals surface area contributed by atoms with Gasteiger partial charge in [-0.1, -0.05) is 13.0 Å². The average Bonchev–Trinajstić information content (AvgIpc) is 3.27. The van der Waals surface area contributed by atoms with Crippen LogP contribution in [0.5, 0.6) is 23.4 Å². The van der Waals surface area contributed by atoms with Gasteiger partial charge in [-0.2, -0.15) is 15.2 Å². The molecular formula is C24H20N6O5. The maximum absolute atomic E-state index is 12.3. The van der Waals surface area contributed by atoms with Crippen molar-refractivity contribution in [1.82, 2.24) is 24.8 Å². The second-order valence-electron chi connectivity index (χ2n) is 7.61. The summed E-state index contributed by atoms with van der Waals surface area (Å²) in [4.78, 5) is 41.5. The van der Waals surface area contributed by atoms with Gasteiger partial charge in [0, 0.05) is 26.1 Å². The lowest BCUT2D eigenvalue weighted by molar-refractivity contribution is 0.0693. The number of nitriles is 1. The van der Waals surface area contributed by atoms with Crippen molar-refractivity contribution < 1.29 is 24.2 Å². The van der Waals surface area contributed by atoms with Crippen LogP contribution in [-0.2, 0) is 6.42 Å². The number of nitrogens with zero attached hydrogens (tertiary/aromatic N) is 5. The summed E-state index contributed by atoms with van der Waals surface area (Å²) in [7, 11) is 3.30. The molecule has 11 heteroatoms. The number of ether oxygens (including phenoxy) is 2. The van der Waals surface area contributed by atoms with Crippen LogP contribution in [0.2, 0.25) is 0 Å². The van der Waals surface area contributed by atoms with Crippen LogP contribution in [0.3, 0.4) is 0 Å². The standard InChI is InChI=1S/C24H20N6O5/c1-4-18-26-19-20(27-18)28-24(35-17-10-13(12-25)8-9-16(17)23(32)33)29-21(19)34-15-7-5-6-14(11-15)22(31)30(2)3/h5-11H,4H2,1-3H3,(H,32,33)(H,26,27,28,29). The van der Waals surface area contributed by atoms with Crippen molar-refractivity contribution in [3.63, 3.8) is 0 Å². The second-order valence-corrected chi connectivity index (χ2v) is 7.61. The molecule has 35 heavy (non-hydrogen) atoms. The van der Waals surface area contributed by atoms with Crippen LogP contribution < -0.4 is 9.47 Å². The summed E-state index contributed by atoms with van der Waals surface area (Å²) in [5.41, 5.74) is 1.12. The number of amides is 1. The zero-order valence-electron chi connectivity index (χ0n) is 19.1. The number of imidazole rings is 1. The Bertz CT molecular complexity index is 1490.